The van der Waals surface area contributed by atoms with Crippen molar-refractivity contribution in [2.24, 2.45) is 5.10 Å². The van der Waals surface area contributed by atoms with Crippen molar-refractivity contribution < 1.29 is 9.90 Å². The number of carbonyl (C=O) groups is 1. The summed E-state index contributed by atoms with van der Waals surface area (Å²) in [6.07, 6.45) is 1.63. The van der Waals surface area contributed by atoms with Crippen molar-refractivity contribution in [2.75, 3.05) is 5.43 Å². The average Bonchev–Trinajstić information content (AvgIpc) is 2.42. The van der Waals surface area contributed by atoms with E-state index >= 15 is 0 Å². The first kappa shape index (κ1) is 13.1. The summed E-state index contributed by atoms with van der Waals surface area (Å²) in [5.41, 5.74) is 4.27. The van der Waals surface area contributed by atoms with Gasteiger partial charge in [0, 0.05) is 0 Å². The molecule has 0 spiro atoms. The number of halogens is 1. The maximum atomic E-state index is 10.9. The average molecular weight is 275 g/mol. The number of rotatable bonds is 4. The normalized spacial score (nSPS) is 10.6. The molecule has 0 aliphatic rings. The van der Waals surface area contributed by atoms with Crippen molar-refractivity contribution in [1.82, 2.24) is 0 Å². The summed E-state index contributed by atoms with van der Waals surface area (Å²) in [4.78, 5) is 10.9. The second kappa shape index (κ2) is 6.02. The van der Waals surface area contributed by atoms with Crippen LogP contribution in [0.5, 0.6) is 0 Å². The highest BCUT2D eigenvalue weighted by molar-refractivity contribution is 6.33. The summed E-state index contributed by atoms with van der Waals surface area (Å²) in [6.45, 7) is 0. The van der Waals surface area contributed by atoms with E-state index < -0.39 is 5.97 Å². The first-order chi connectivity index (χ1) is 9.16. The third-order valence-corrected chi connectivity index (χ3v) is 2.74. The number of hydrazone groups is 1. The van der Waals surface area contributed by atoms with E-state index in [-0.39, 0.29) is 5.56 Å². The van der Waals surface area contributed by atoms with Crippen molar-refractivity contribution in [2.45, 2.75) is 0 Å². The van der Waals surface area contributed by atoms with Crippen LogP contribution >= 0.6 is 11.6 Å². The van der Waals surface area contributed by atoms with Crippen molar-refractivity contribution in [3.8, 4) is 0 Å². The molecule has 0 aliphatic carbocycles. The summed E-state index contributed by atoms with van der Waals surface area (Å²) in [5, 5.41) is 13.3. The lowest BCUT2D eigenvalue weighted by atomic mass is 10.2. The Morgan fingerprint density at radius 1 is 1.21 bits per heavy atom. The van der Waals surface area contributed by atoms with E-state index in [0.29, 0.717) is 10.7 Å². The molecule has 0 saturated heterocycles. The molecule has 2 rings (SSSR count). The molecule has 0 aliphatic heterocycles. The molecule has 0 bridgehead atoms. The highest BCUT2D eigenvalue weighted by atomic mass is 35.5. The molecule has 0 unspecified atom stereocenters. The Kier molecular flexibility index (Phi) is 4.15. The first-order valence-electron chi connectivity index (χ1n) is 5.54. The number of nitrogens with one attached hydrogen (secondary N) is 1. The van der Waals surface area contributed by atoms with Crippen LogP contribution in [0, 0.1) is 0 Å². The number of hydrogen-bond donors (Lipinski definition) is 2. The zero-order valence-electron chi connectivity index (χ0n) is 9.88. The van der Waals surface area contributed by atoms with E-state index in [9.17, 15) is 4.79 Å². The summed E-state index contributed by atoms with van der Waals surface area (Å²) in [7, 11) is 0. The monoisotopic (exact) mass is 274 g/mol. The molecule has 0 saturated carbocycles. The van der Waals surface area contributed by atoms with Gasteiger partial charge in [0.1, 0.15) is 0 Å². The largest absolute Gasteiger partial charge is 0.478 e. The first-order valence-corrected chi connectivity index (χ1v) is 5.91. The highest BCUT2D eigenvalue weighted by Crippen LogP contribution is 2.23. The van der Waals surface area contributed by atoms with E-state index in [1.54, 1.807) is 6.21 Å². The van der Waals surface area contributed by atoms with Crippen LogP contribution in [-0.2, 0) is 0 Å². The fourth-order valence-corrected chi connectivity index (χ4v) is 1.62. The van der Waals surface area contributed by atoms with Crippen LogP contribution in [-0.4, -0.2) is 17.3 Å². The summed E-state index contributed by atoms with van der Waals surface area (Å²) >= 11 is 5.95. The van der Waals surface area contributed by atoms with E-state index in [2.05, 4.69) is 10.5 Å². The van der Waals surface area contributed by atoms with Gasteiger partial charge < -0.3 is 5.11 Å². The topological polar surface area (TPSA) is 61.7 Å². The summed E-state index contributed by atoms with van der Waals surface area (Å²) in [5.74, 6) is -1.01. The zero-order chi connectivity index (χ0) is 13.7. The number of aromatic carboxylic acids is 1. The molecule has 5 heteroatoms. The lowest BCUT2D eigenvalue weighted by Gasteiger charge is -2.04. The van der Waals surface area contributed by atoms with Crippen molar-refractivity contribution in [3.63, 3.8) is 0 Å². The van der Waals surface area contributed by atoms with Gasteiger partial charge in [-0.15, -0.1) is 0 Å². The molecule has 0 heterocycles. The minimum atomic E-state index is -1.01. The smallest absolute Gasteiger partial charge is 0.335 e. The second-order valence-corrected chi connectivity index (χ2v) is 4.19. The Balaban J connectivity index is 2.13. The zero-order valence-corrected chi connectivity index (χ0v) is 10.6. The second-order valence-electron chi connectivity index (χ2n) is 3.78. The van der Waals surface area contributed by atoms with Gasteiger partial charge in [-0.3, -0.25) is 5.43 Å². The molecule has 96 valence electrons. The molecule has 0 radical (unpaired) electrons. The number of carboxylic acid groups (broad SMARTS) is 1. The van der Waals surface area contributed by atoms with Crippen LogP contribution in [0.1, 0.15) is 15.9 Å². The molecule has 19 heavy (non-hydrogen) atoms. The van der Waals surface area contributed by atoms with Crippen molar-refractivity contribution in [3.05, 3.63) is 64.7 Å². The molecule has 0 amide bonds. The van der Waals surface area contributed by atoms with Gasteiger partial charge >= 0.3 is 5.97 Å². The molecule has 0 atom stereocenters. The lowest BCUT2D eigenvalue weighted by molar-refractivity contribution is 0.0697. The number of hydrogen-bond acceptors (Lipinski definition) is 3. The maximum Gasteiger partial charge on any atom is 0.335 e. The molecule has 2 aromatic carbocycles. The van der Waals surface area contributed by atoms with Gasteiger partial charge in [0.05, 0.1) is 22.5 Å². The Morgan fingerprint density at radius 2 is 1.95 bits per heavy atom. The third kappa shape index (κ3) is 3.56. The van der Waals surface area contributed by atoms with Gasteiger partial charge in [-0.1, -0.05) is 41.9 Å². The quantitative estimate of drug-likeness (QED) is 0.663. The van der Waals surface area contributed by atoms with Crippen LogP contribution in [0.3, 0.4) is 0 Å². The molecular weight excluding hydrogens is 264 g/mol. The van der Waals surface area contributed by atoms with Gasteiger partial charge in [0.15, 0.2) is 0 Å². The van der Waals surface area contributed by atoms with Gasteiger partial charge in [-0.2, -0.15) is 5.10 Å². The minimum absolute atomic E-state index is 0.154. The summed E-state index contributed by atoms with van der Waals surface area (Å²) < 4.78 is 0. The van der Waals surface area contributed by atoms with E-state index in [4.69, 9.17) is 16.7 Å². The Hall–Kier alpha value is -2.33. The standard InChI is InChI=1S/C14H11ClN2O2/c15-12-7-6-11(14(18)19)8-13(12)17-16-9-10-4-2-1-3-5-10/h1-9,17H,(H,18,19)/b16-9-. The van der Waals surface area contributed by atoms with Gasteiger partial charge in [-0.25, -0.2) is 4.79 Å². The van der Waals surface area contributed by atoms with Gasteiger partial charge in [0.25, 0.3) is 0 Å². The SMILES string of the molecule is O=C(O)c1ccc(Cl)c(N/N=C\c2ccccc2)c1. The van der Waals surface area contributed by atoms with Crippen LogP contribution in [0.25, 0.3) is 0 Å². The van der Waals surface area contributed by atoms with Crippen molar-refractivity contribution >= 4 is 29.5 Å². The fourth-order valence-electron chi connectivity index (χ4n) is 1.46. The van der Waals surface area contributed by atoms with Crippen molar-refractivity contribution in [1.29, 1.82) is 0 Å². The predicted octanol–water partition coefficient (Wildman–Crippen LogP) is 3.48. The molecule has 2 aromatic rings. The molecule has 0 fully saturated rings. The summed E-state index contributed by atoms with van der Waals surface area (Å²) in [6, 6.07) is 13.9. The van der Waals surface area contributed by atoms with Crippen LogP contribution in [0.4, 0.5) is 5.69 Å². The molecule has 4 nitrogen and oxygen atoms in total. The van der Waals surface area contributed by atoms with Gasteiger partial charge in [-0.05, 0) is 23.8 Å². The third-order valence-electron chi connectivity index (χ3n) is 2.41. The molecule has 2 N–H and O–H groups in total. The molecule has 0 aromatic heterocycles. The van der Waals surface area contributed by atoms with Gasteiger partial charge in [0.2, 0.25) is 0 Å². The Labute approximate surface area is 115 Å². The maximum absolute atomic E-state index is 10.9. The van der Waals surface area contributed by atoms with E-state index in [1.165, 1.54) is 18.2 Å². The van der Waals surface area contributed by atoms with Crippen LogP contribution < -0.4 is 5.43 Å². The van der Waals surface area contributed by atoms with Crippen LogP contribution in [0.2, 0.25) is 5.02 Å². The number of benzene rings is 2. The van der Waals surface area contributed by atoms with E-state index in [1.807, 2.05) is 30.3 Å². The highest BCUT2D eigenvalue weighted by Gasteiger charge is 2.06. The van der Waals surface area contributed by atoms with Crippen LogP contribution in [0.15, 0.2) is 53.6 Å². The number of nitrogens with zero attached hydrogens (tertiary/aromatic N) is 1. The number of anilines is 1. The lowest BCUT2D eigenvalue weighted by Crippen LogP contribution is -1.98. The predicted molar refractivity (Wildman–Crippen MR) is 76.1 cm³/mol. The molecular formula is C14H11ClN2O2. The van der Waals surface area contributed by atoms with E-state index in [0.717, 1.165) is 5.56 Å². The number of carboxylic acids is 1. The minimum Gasteiger partial charge on any atom is -0.478 e. The fraction of sp³-hybridized carbons (Fsp3) is 0. The Morgan fingerprint density at radius 3 is 2.63 bits per heavy atom. The Bertz CT molecular complexity index is 612.